The summed E-state index contributed by atoms with van der Waals surface area (Å²) in [6.45, 7) is 2.97. The number of unbranched alkanes of at least 4 members (excludes halogenated alkanes) is 1. The minimum absolute atomic E-state index is 0.0382. The summed E-state index contributed by atoms with van der Waals surface area (Å²) in [4.78, 5) is 25.2. The third-order valence-electron chi connectivity index (χ3n) is 7.09. The predicted molar refractivity (Wildman–Crippen MR) is 163 cm³/mol. The molecule has 0 saturated carbocycles. The summed E-state index contributed by atoms with van der Waals surface area (Å²) < 4.78 is 12.3. The molecule has 4 rings (SSSR count). The molecule has 43 heavy (non-hydrogen) atoms. The average molecular weight is 583 g/mol. The van der Waals surface area contributed by atoms with Crippen molar-refractivity contribution in [1.29, 1.82) is 0 Å². The van der Waals surface area contributed by atoms with Crippen molar-refractivity contribution >= 4 is 17.5 Å². The Morgan fingerprint density at radius 2 is 1.79 bits per heavy atom. The first-order valence-electron chi connectivity index (χ1n) is 14.2. The Morgan fingerprint density at radius 3 is 2.51 bits per heavy atom. The van der Waals surface area contributed by atoms with Crippen molar-refractivity contribution < 1.29 is 19.4 Å². The average Bonchev–Trinajstić information content (AvgIpc) is 3.42. The topological polar surface area (TPSA) is 178 Å². The maximum Gasteiger partial charge on any atom is 0.252 e. The number of hydrogen-bond acceptors (Lipinski definition) is 7. The molecule has 0 aromatic heterocycles. The van der Waals surface area contributed by atoms with E-state index in [1.54, 1.807) is 42.5 Å². The quantitative estimate of drug-likeness (QED) is 0.0886. The number of rotatable bonds is 15. The largest absolute Gasteiger partial charge is 0.494 e. The van der Waals surface area contributed by atoms with Crippen LogP contribution in [0.15, 0.2) is 88.0 Å². The van der Waals surface area contributed by atoms with Gasteiger partial charge in [-0.2, -0.15) is 0 Å². The number of aliphatic imine (C=N–C) groups is 1. The first-order valence-corrected chi connectivity index (χ1v) is 14.2. The molecule has 0 spiro atoms. The van der Waals surface area contributed by atoms with Crippen molar-refractivity contribution in [3.05, 3.63) is 116 Å². The fourth-order valence-corrected chi connectivity index (χ4v) is 4.93. The summed E-state index contributed by atoms with van der Waals surface area (Å²) in [7, 11) is 0. The lowest BCUT2D eigenvalue weighted by molar-refractivity contribution is -0.128. The van der Waals surface area contributed by atoms with E-state index in [2.05, 4.69) is 25.4 Å². The molecule has 3 aromatic rings. The van der Waals surface area contributed by atoms with Gasteiger partial charge in [-0.1, -0.05) is 72.1 Å². The molecule has 2 N–H and O–H groups in total. The molecule has 12 nitrogen and oxygen atoms in total. The van der Waals surface area contributed by atoms with E-state index in [1.165, 1.54) is 0 Å². The number of hydrogen-bond donors (Lipinski definition) is 2. The normalized spacial score (nSPS) is 17.2. The van der Waals surface area contributed by atoms with Gasteiger partial charge in [-0.3, -0.25) is 4.79 Å². The Morgan fingerprint density at radius 1 is 1.05 bits per heavy atom. The van der Waals surface area contributed by atoms with Gasteiger partial charge in [-0.15, -0.1) is 0 Å². The first kappa shape index (κ1) is 30.9. The lowest BCUT2D eigenvalue weighted by Gasteiger charge is -2.32. The zero-order valence-electron chi connectivity index (χ0n) is 24.0. The molecule has 1 amide bonds. The van der Waals surface area contributed by atoms with Crippen LogP contribution in [0.2, 0.25) is 0 Å². The number of carbonyl (C=O) groups excluding carboxylic acids is 1. The number of carbonyl (C=O) groups is 1. The van der Waals surface area contributed by atoms with Crippen LogP contribution in [0.3, 0.4) is 0 Å². The Balaban J connectivity index is 1.86. The van der Waals surface area contributed by atoms with Gasteiger partial charge in [0.1, 0.15) is 5.75 Å². The number of nitrogens with zero attached hydrogens (tertiary/aromatic N) is 7. The van der Waals surface area contributed by atoms with Crippen molar-refractivity contribution in [3.8, 4) is 5.75 Å². The van der Waals surface area contributed by atoms with Crippen molar-refractivity contribution in [2.45, 2.75) is 50.8 Å². The lowest BCUT2D eigenvalue weighted by atomic mass is 9.80. The zero-order chi connectivity index (χ0) is 30.5. The molecule has 0 fully saturated rings. The summed E-state index contributed by atoms with van der Waals surface area (Å²) >= 11 is 0. The second-order valence-electron chi connectivity index (χ2n) is 9.98. The van der Waals surface area contributed by atoms with E-state index in [-0.39, 0.29) is 31.4 Å². The van der Waals surface area contributed by atoms with E-state index in [0.717, 1.165) is 12.8 Å². The SMILES string of the molecule is CCCCNC(=O)[C@]1(Cc2ccccc2N=[N+]=[N-])N=C(c2ccc(OCCCO)cc2)O[C@@H]1c1ccccc1CN=[N+]=[N-]. The molecule has 1 aliphatic heterocycles. The highest BCUT2D eigenvalue weighted by molar-refractivity contribution is 6.01. The summed E-state index contributed by atoms with van der Waals surface area (Å²) in [5, 5.41) is 19.7. The molecular formula is C31H34N8O4. The molecule has 1 aliphatic rings. The molecular weight excluding hydrogens is 548 g/mol. The highest BCUT2D eigenvalue weighted by Gasteiger charge is 2.53. The van der Waals surface area contributed by atoms with E-state index < -0.39 is 11.6 Å². The maximum atomic E-state index is 14.3. The minimum Gasteiger partial charge on any atom is -0.494 e. The summed E-state index contributed by atoms with van der Waals surface area (Å²) in [5.74, 6) is 0.551. The van der Waals surface area contributed by atoms with E-state index in [1.807, 2.05) is 37.3 Å². The Hall–Kier alpha value is -5.02. The van der Waals surface area contributed by atoms with Crippen LogP contribution in [0.5, 0.6) is 5.75 Å². The van der Waals surface area contributed by atoms with Crippen LogP contribution >= 0.6 is 0 Å². The summed E-state index contributed by atoms with van der Waals surface area (Å²) in [5.41, 5.74) is 19.8. The van der Waals surface area contributed by atoms with Gasteiger partial charge in [0.2, 0.25) is 5.90 Å². The molecule has 3 aromatic carbocycles. The second-order valence-corrected chi connectivity index (χ2v) is 9.98. The molecule has 222 valence electrons. The van der Waals surface area contributed by atoms with Gasteiger partial charge in [-0.25, -0.2) is 4.99 Å². The van der Waals surface area contributed by atoms with Crippen LogP contribution in [0.1, 0.15) is 54.5 Å². The lowest BCUT2D eigenvalue weighted by Crippen LogP contribution is -2.50. The summed E-state index contributed by atoms with van der Waals surface area (Å²) in [6.07, 6.45) is 1.37. The maximum absolute atomic E-state index is 14.3. The zero-order valence-corrected chi connectivity index (χ0v) is 24.0. The molecule has 0 radical (unpaired) electrons. The molecule has 12 heteroatoms. The Labute approximate surface area is 249 Å². The van der Waals surface area contributed by atoms with E-state index in [0.29, 0.717) is 53.3 Å². The van der Waals surface area contributed by atoms with Crippen molar-refractivity contribution in [2.75, 3.05) is 19.8 Å². The van der Waals surface area contributed by atoms with E-state index in [4.69, 9.17) is 25.1 Å². The fraction of sp³-hybridized carbons (Fsp3) is 0.355. The number of amides is 1. The van der Waals surface area contributed by atoms with Crippen molar-refractivity contribution in [2.24, 2.45) is 15.2 Å². The number of azide groups is 2. The third kappa shape index (κ3) is 7.44. The highest BCUT2D eigenvalue weighted by atomic mass is 16.5. The van der Waals surface area contributed by atoms with Gasteiger partial charge in [0.15, 0.2) is 11.6 Å². The van der Waals surface area contributed by atoms with Gasteiger partial charge in [0, 0.05) is 47.1 Å². The predicted octanol–water partition coefficient (Wildman–Crippen LogP) is 6.62. The molecule has 0 aliphatic carbocycles. The second kappa shape index (κ2) is 15.3. The third-order valence-corrected chi connectivity index (χ3v) is 7.09. The van der Waals surface area contributed by atoms with Crippen LogP contribution < -0.4 is 10.1 Å². The van der Waals surface area contributed by atoms with Crippen LogP contribution in [0.25, 0.3) is 20.9 Å². The van der Waals surface area contributed by atoms with Crippen LogP contribution in [-0.4, -0.2) is 42.2 Å². The smallest absolute Gasteiger partial charge is 0.252 e. The number of ether oxygens (including phenoxy) is 2. The standard InChI is InChI=1S/C31H34N8O4/c1-2-3-17-34-30(41)31(20-23-9-5-7-12-27(23)37-39-33)28(26-11-6-4-10-24(26)21-35-38-32)43-29(36-31)22-13-15-25(16-14-22)42-19-8-18-40/h4-7,9-16,28,40H,2-3,8,17-21H2,1H3,(H,34,41)/t28-,31-/m1/s1. The van der Waals surface area contributed by atoms with Crippen molar-refractivity contribution in [1.82, 2.24) is 5.32 Å². The van der Waals surface area contributed by atoms with Gasteiger partial charge in [0.25, 0.3) is 5.91 Å². The highest BCUT2D eigenvalue weighted by Crippen LogP contribution is 2.44. The molecule has 2 atom stereocenters. The molecule has 0 bridgehead atoms. The van der Waals surface area contributed by atoms with Gasteiger partial charge in [-0.05, 0) is 58.4 Å². The fourth-order valence-electron chi connectivity index (χ4n) is 4.93. The Kier molecular flexibility index (Phi) is 11.0. The Bertz CT molecular complexity index is 1530. The van der Waals surface area contributed by atoms with Gasteiger partial charge in [0.05, 0.1) is 13.2 Å². The first-order chi connectivity index (χ1) is 21.1. The molecule has 1 heterocycles. The van der Waals surface area contributed by atoms with E-state index >= 15 is 0 Å². The monoisotopic (exact) mass is 582 g/mol. The minimum atomic E-state index is -1.49. The van der Waals surface area contributed by atoms with Crippen LogP contribution in [0, 0.1) is 0 Å². The van der Waals surface area contributed by atoms with Gasteiger partial charge < -0.3 is 19.9 Å². The number of aliphatic hydroxyl groups excluding tert-OH is 1. The number of aliphatic hydroxyl groups is 1. The number of benzene rings is 3. The summed E-state index contributed by atoms with van der Waals surface area (Å²) in [6, 6.07) is 21.6. The van der Waals surface area contributed by atoms with E-state index in [9.17, 15) is 10.3 Å². The van der Waals surface area contributed by atoms with Crippen LogP contribution in [0.4, 0.5) is 5.69 Å². The van der Waals surface area contributed by atoms with Crippen LogP contribution in [-0.2, 0) is 22.5 Å². The van der Waals surface area contributed by atoms with Crippen molar-refractivity contribution in [3.63, 3.8) is 0 Å². The number of nitrogens with one attached hydrogen (secondary N) is 1. The van der Waals surface area contributed by atoms with Gasteiger partial charge >= 0.3 is 0 Å². The molecule has 0 saturated heterocycles. The molecule has 0 unspecified atom stereocenters.